The van der Waals surface area contributed by atoms with E-state index < -0.39 is 51.5 Å². The Kier molecular flexibility index (Phi) is 4.02. The second-order valence-electron chi connectivity index (χ2n) is 4.40. The summed E-state index contributed by atoms with van der Waals surface area (Å²) in [6, 6.07) is 2.39. The summed E-state index contributed by atoms with van der Waals surface area (Å²) in [5.74, 6) is -5.35. The topological polar surface area (TPSA) is 174 Å². The maximum absolute atomic E-state index is 11.9. The molecule has 0 aliphatic rings. The van der Waals surface area contributed by atoms with E-state index in [1.165, 1.54) is 6.07 Å². The van der Waals surface area contributed by atoms with Crippen molar-refractivity contribution in [3.8, 4) is 22.6 Å². The van der Waals surface area contributed by atoms with Gasteiger partial charge < -0.3 is 31.1 Å². The molecule has 1 aromatic heterocycles. The van der Waals surface area contributed by atoms with E-state index in [0.717, 1.165) is 6.07 Å². The third kappa shape index (κ3) is 2.59. The molecule has 120 valence electrons. The van der Waals surface area contributed by atoms with Crippen molar-refractivity contribution in [3.05, 3.63) is 38.1 Å². The van der Waals surface area contributed by atoms with E-state index in [1.54, 1.807) is 0 Å². The van der Waals surface area contributed by atoms with E-state index in [0.29, 0.717) is 0 Å². The smallest absolute Gasteiger partial charge is 0.342 e. The number of aromatic amines is 1. The second-order valence-corrected chi connectivity index (χ2v) is 5.25. The maximum Gasteiger partial charge on any atom is 0.342 e. The lowest BCUT2D eigenvalue weighted by Crippen LogP contribution is -2.24. The number of hydrogen-bond donors (Lipinski definition) is 6. The first-order valence-corrected chi connectivity index (χ1v) is 6.69. The number of pyridine rings is 1. The molecule has 7 N–H and O–H groups in total. The number of aromatic carboxylic acids is 2. The summed E-state index contributed by atoms with van der Waals surface area (Å²) in [4.78, 5) is 36.6. The van der Waals surface area contributed by atoms with Gasteiger partial charge >= 0.3 is 11.9 Å². The first-order chi connectivity index (χ1) is 10.7. The fourth-order valence-corrected chi connectivity index (χ4v) is 2.39. The van der Waals surface area contributed by atoms with Gasteiger partial charge in [-0.2, -0.15) is 0 Å². The van der Waals surface area contributed by atoms with Gasteiger partial charge in [-0.3, -0.25) is 4.79 Å². The summed E-state index contributed by atoms with van der Waals surface area (Å²) in [6.45, 7) is 0. The zero-order chi connectivity index (χ0) is 17.5. The van der Waals surface area contributed by atoms with Crippen LogP contribution in [0.3, 0.4) is 0 Å². The molecule has 2 aromatic rings. The summed E-state index contributed by atoms with van der Waals surface area (Å²) in [7, 11) is 0. The molecule has 10 heteroatoms. The van der Waals surface area contributed by atoms with Gasteiger partial charge in [-0.05, 0) is 28.1 Å². The highest BCUT2D eigenvalue weighted by Gasteiger charge is 2.29. The van der Waals surface area contributed by atoms with Crippen LogP contribution in [0.4, 0.5) is 5.82 Å². The monoisotopic (exact) mass is 384 g/mol. The Morgan fingerprint density at radius 3 is 2.13 bits per heavy atom. The zero-order valence-corrected chi connectivity index (χ0v) is 12.7. The first kappa shape index (κ1) is 16.4. The molecule has 9 nitrogen and oxygen atoms in total. The van der Waals surface area contributed by atoms with E-state index in [-0.39, 0.29) is 10.0 Å². The van der Waals surface area contributed by atoms with E-state index in [9.17, 15) is 34.8 Å². The van der Waals surface area contributed by atoms with Gasteiger partial charge in [-0.25, -0.2) is 9.59 Å². The summed E-state index contributed by atoms with van der Waals surface area (Å²) in [5, 5.41) is 38.2. The number of benzene rings is 1. The SMILES string of the molecule is Nc1[nH]c(=O)c(C(=O)O)c(-c2ccc(Br)c(O)c2O)c1C(=O)O. The van der Waals surface area contributed by atoms with Gasteiger partial charge in [-0.1, -0.05) is 0 Å². The van der Waals surface area contributed by atoms with Gasteiger partial charge in [0.25, 0.3) is 5.56 Å². The van der Waals surface area contributed by atoms with E-state index in [2.05, 4.69) is 15.9 Å². The minimum Gasteiger partial charge on any atom is -0.504 e. The Morgan fingerprint density at radius 2 is 1.61 bits per heavy atom. The molecule has 0 fully saturated rings. The molecule has 0 unspecified atom stereocenters. The molecule has 0 saturated carbocycles. The number of nitrogens with one attached hydrogen (secondary N) is 1. The fraction of sp³-hybridized carbons (Fsp3) is 0. The van der Waals surface area contributed by atoms with Gasteiger partial charge in [0.1, 0.15) is 16.9 Å². The lowest BCUT2D eigenvalue weighted by Gasteiger charge is -2.14. The normalized spacial score (nSPS) is 10.5. The molecule has 0 bridgehead atoms. The third-order valence-corrected chi connectivity index (χ3v) is 3.68. The third-order valence-electron chi connectivity index (χ3n) is 3.04. The number of hydrogen-bond acceptors (Lipinski definition) is 6. The van der Waals surface area contributed by atoms with Crippen LogP contribution in [0.1, 0.15) is 20.7 Å². The lowest BCUT2D eigenvalue weighted by molar-refractivity contribution is 0.0695. The fourth-order valence-electron chi connectivity index (χ4n) is 2.07. The standard InChI is InChI=1S/C13H9BrN2O7/c14-4-2-1-3(8(17)9(4)18)5-6(12(20)21)10(15)16-11(19)7(5)13(22)23/h1-2,17-18H,(H,20,21)(H,22,23)(H3,15,16,19). The molecule has 0 atom stereocenters. The van der Waals surface area contributed by atoms with Crippen LogP contribution in [-0.4, -0.2) is 37.3 Å². The Balaban J connectivity index is 3.07. The van der Waals surface area contributed by atoms with Crippen LogP contribution in [0.15, 0.2) is 21.4 Å². The van der Waals surface area contributed by atoms with Crippen molar-refractivity contribution in [2.45, 2.75) is 0 Å². The number of aromatic hydroxyl groups is 2. The van der Waals surface area contributed by atoms with Crippen molar-refractivity contribution in [3.63, 3.8) is 0 Å². The van der Waals surface area contributed by atoms with E-state index >= 15 is 0 Å². The Bertz CT molecular complexity index is 904. The molecule has 2 rings (SSSR count). The average Bonchev–Trinajstić information content (AvgIpc) is 2.43. The highest BCUT2D eigenvalue weighted by Crippen LogP contribution is 2.43. The van der Waals surface area contributed by atoms with Crippen molar-refractivity contribution in [1.82, 2.24) is 4.98 Å². The largest absolute Gasteiger partial charge is 0.504 e. The molecular weight excluding hydrogens is 376 g/mol. The number of phenolic OH excluding ortho intramolecular Hbond substituents is 2. The number of nitrogen functional groups attached to an aromatic ring is 1. The number of carboxylic acid groups (broad SMARTS) is 2. The summed E-state index contributed by atoms with van der Waals surface area (Å²) >= 11 is 2.94. The van der Waals surface area contributed by atoms with Crippen molar-refractivity contribution in [2.75, 3.05) is 5.73 Å². The van der Waals surface area contributed by atoms with Crippen LogP contribution in [-0.2, 0) is 0 Å². The highest BCUT2D eigenvalue weighted by atomic mass is 79.9. The van der Waals surface area contributed by atoms with Crippen LogP contribution in [0.25, 0.3) is 11.1 Å². The average molecular weight is 385 g/mol. The van der Waals surface area contributed by atoms with Crippen LogP contribution in [0.2, 0.25) is 0 Å². The molecule has 0 aliphatic carbocycles. The van der Waals surface area contributed by atoms with Crippen molar-refractivity contribution >= 4 is 33.7 Å². The molecule has 0 aliphatic heterocycles. The second kappa shape index (κ2) is 5.65. The molecule has 1 aromatic carbocycles. The number of carboxylic acids is 2. The quantitative estimate of drug-likeness (QED) is 0.427. The molecule has 1 heterocycles. The molecule has 23 heavy (non-hydrogen) atoms. The Morgan fingerprint density at radius 1 is 1.04 bits per heavy atom. The summed E-state index contributed by atoms with van der Waals surface area (Å²) in [5.41, 5.74) is 1.72. The number of phenols is 2. The summed E-state index contributed by atoms with van der Waals surface area (Å²) in [6.07, 6.45) is 0. The summed E-state index contributed by atoms with van der Waals surface area (Å²) < 4.78 is 0.0883. The number of halogens is 1. The van der Waals surface area contributed by atoms with E-state index in [1.807, 2.05) is 4.98 Å². The van der Waals surface area contributed by atoms with Crippen molar-refractivity contribution < 1.29 is 30.0 Å². The lowest BCUT2D eigenvalue weighted by atomic mass is 9.94. The Hall–Kier alpha value is -3.01. The molecule has 0 spiro atoms. The number of nitrogens with two attached hydrogens (primary N) is 1. The minimum atomic E-state index is -1.72. The first-order valence-electron chi connectivity index (χ1n) is 5.90. The number of aromatic nitrogens is 1. The van der Waals surface area contributed by atoms with Crippen molar-refractivity contribution in [1.29, 1.82) is 0 Å². The minimum absolute atomic E-state index is 0.0883. The van der Waals surface area contributed by atoms with Crippen LogP contribution in [0.5, 0.6) is 11.5 Å². The van der Waals surface area contributed by atoms with Gasteiger partial charge in [0.15, 0.2) is 11.5 Å². The maximum atomic E-state index is 11.9. The van der Waals surface area contributed by atoms with Gasteiger partial charge in [0.05, 0.1) is 4.47 Å². The zero-order valence-electron chi connectivity index (χ0n) is 11.1. The molecule has 0 amide bonds. The van der Waals surface area contributed by atoms with Crippen LogP contribution < -0.4 is 11.3 Å². The number of carbonyl (C=O) groups is 2. The molecular formula is C13H9BrN2O7. The van der Waals surface area contributed by atoms with Crippen molar-refractivity contribution in [2.24, 2.45) is 0 Å². The van der Waals surface area contributed by atoms with Gasteiger partial charge in [0, 0.05) is 11.1 Å². The number of anilines is 1. The molecule has 0 radical (unpaired) electrons. The van der Waals surface area contributed by atoms with E-state index in [4.69, 9.17) is 5.73 Å². The molecule has 0 saturated heterocycles. The highest BCUT2D eigenvalue weighted by molar-refractivity contribution is 9.10. The van der Waals surface area contributed by atoms with Gasteiger partial charge in [0.2, 0.25) is 0 Å². The van der Waals surface area contributed by atoms with Gasteiger partial charge in [-0.15, -0.1) is 0 Å². The van der Waals surface area contributed by atoms with Crippen LogP contribution in [0, 0.1) is 0 Å². The van der Waals surface area contributed by atoms with Crippen LogP contribution >= 0.6 is 15.9 Å². The number of rotatable bonds is 3. The number of H-pyrrole nitrogens is 1. The Labute approximate surface area is 135 Å². The predicted octanol–water partition coefficient (Wildman–Crippen LogP) is 1.19. The predicted molar refractivity (Wildman–Crippen MR) is 81.9 cm³/mol.